The van der Waals surface area contributed by atoms with Gasteiger partial charge in [0.2, 0.25) is 5.91 Å². The number of aromatic nitrogens is 1. The molecule has 1 saturated carbocycles. The van der Waals surface area contributed by atoms with E-state index < -0.39 is 41.8 Å². The van der Waals surface area contributed by atoms with Gasteiger partial charge < -0.3 is 15.2 Å². The highest BCUT2D eigenvalue weighted by Crippen LogP contribution is 2.36. The van der Waals surface area contributed by atoms with Gasteiger partial charge in [0.1, 0.15) is 6.54 Å². The number of carbonyl (C=O) groups excluding carboxylic acids is 2. The van der Waals surface area contributed by atoms with E-state index in [1.807, 2.05) is 0 Å². The molecule has 0 atom stereocenters. The zero-order chi connectivity index (χ0) is 28.4. The van der Waals surface area contributed by atoms with Crippen LogP contribution in [0.25, 0.3) is 0 Å². The van der Waals surface area contributed by atoms with Gasteiger partial charge in [-0.25, -0.2) is 0 Å². The lowest BCUT2D eigenvalue weighted by Gasteiger charge is -2.46. The molecule has 0 spiro atoms. The first-order valence-electron chi connectivity index (χ1n) is 12.5. The monoisotopic (exact) mass is 558 g/mol. The van der Waals surface area contributed by atoms with E-state index in [0.717, 1.165) is 49.4 Å². The average Bonchev–Trinajstić information content (AvgIpc) is 2.85. The van der Waals surface area contributed by atoms with Gasteiger partial charge in [-0.1, -0.05) is 12.1 Å². The van der Waals surface area contributed by atoms with E-state index in [2.05, 4.69) is 15.5 Å². The molecule has 2 aliphatic rings. The number of alkyl halides is 6. The molecule has 2 aromatic rings. The van der Waals surface area contributed by atoms with Crippen LogP contribution in [0.15, 0.2) is 47.4 Å². The summed E-state index contributed by atoms with van der Waals surface area (Å²) in [7, 11) is 0. The molecule has 2 heterocycles. The van der Waals surface area contributed by atoms with Gasteiger partial charge in [-0.15, -0.1) is 0 Å². The third kappa shape index (κ3) is 7.61. The molecule has 1 aliphatic carbocycles. The Kier molecular flexibility index (Phi) is 8.38. The van der Waals surface area contributed by atoms with Crippen LogP contribution >= 0.6 is 0 Å². The smallest absolute Gasteiger partial charge is 0.349 e. The van der Waals surface area contributed by atoms with Crippen LogP contribution in [0.3, 0.4) is 0 Å². The maximum absolute atomic E-state index is 12.8. The second-order valence-electron chi connectivity index (χ2n) is 10.0. The molecule has 0 radical (unpaired) electrons. The Morgan fingerprint density at radius 2 is 1.64 bits per heavy atom. The summed E-state index contributed by atoms with van der Waals surface area (Å²) in [4.78, 5) is 38.4. The molecule has 2 N–H and O–H groups in total. The molecular weight excluding hydrogens is 530 g/mol. The van der Waals surface area contributed by atoms with Crippen LogP contribution < -0.4 is 16.2 Å². The average molecular weight is 559 g/mol. The Labute approximate surface area is 220 Å². The topological polar surface area (TPSA) is 83.4 Å². The molecule has 1 aliphatic heterocycles. The Balaban J connectivity index is 1.18. The fraction of sp³-hybridized carbons (Fsp3) is 0.500. The number of halogens is 6. The number of pyridine rings is 1. The third-order valence-electron chi connectivity index (χ3n) is 7.18. The Bertz CT molecular complexity index is 1250. The van der Waals surface area contributed by atoms with Gasteiger partial charge in [0.15, 0.2) is 0 Å². The summed E-state index contributed by atoms with van der Waals surface area (Å²) in [6.45, 7) is -0.462. The fourth-order valence-electron chi connectivity index (χ4n) is 5.16. The number of hydrogen-bond donors (Lipinski definition) is 2. The number of rotatable bonds is 7. The van der Waals surface area contributed by atoms with E-state index in [1.165, 1.54) is 18.3 Å². The molecule has 7 nitrogen and oxygen atoms in total. The number of nitrogens with zero attached hydrogens (tertiary/aromatic N) is 2. The summed E-state index contributed by atoms with van der Waals surface area (Å²) in [5.41, 5.74) is -1.11. The minimum absolute atomic E-state index is 0.0681. The number of hydrogen-bond acceptors (Lipinski definition) is 4. The number of likely N-dealkylation sites (tertiary alicyclic amines) is 1. The Hall–Kier alpha value is -3.35. The van der Waals surface area contributed by atoms with E-state index in [1.54, 1.807) is 6.07 Å². The van der Waals surface area contributed by atoms with E-state index >= 15 is 0 Å². The van der Waals surface area contributed by atoms with Crippen LogP contribution in [0, 0.1) is 0 Å². The van der Waals surface area contributed by atoms with Crippen molar-refractivity contribution in [1.82, 2.24) is 20.1 Å². The predicted octanol–water partition coefficient (Wildman–Crippen LogP) is 3.69. The van der Waals surface area contributed by atoms with E-state index in [0.29, 0.717) is 17.7 Å². The summed E-state index contributed by atoms with van der Waals surface area (Å²) in [6.07, 6.45) is -4.55. The van der Waals surface area contributed by atoms with Gasteiger partial charge >= 0.3 is 12.4 Å². The minimum Gasteiger partial charge on any atom is -0.349 e. The van der Waals surface area contributed by atoms with Crippen LogP contribution in [0.4, 0.5) is 26.3 Å². The molecule has 0 bridgehead atoms. The normalized spacial score (nSPS) is 20.8. The van der Waals surface area contributed by atoms with Gasteiger partial charge in [0.05, 0.1) is 18.2 Å². The van der Waals surface area contributed by atoms with Crippen LogP contribution in [-0.4, -0.2) is 59.2 Å². The summed E-state index contributed by atoms with van der Waals surface area (Å²) < 4.78 is 77.4. The van der Waals surface area contributed by atoms with Crippen molar-refractivity contribution in [3.05, 3.63) is 69.6 Å². The molecule has 0 unspecified atom stereocenters. The highest BCUT2D eigenvalue weighted by Gasteiger charge is 2.36. The molecule has 1 aromatic heterocycles. The highest BCUT2D eigenvalue weighted by atomic mass is 19.4. The minimum atomic E-state index is -4.58. The first-order chi connectivity index (χ1) is 18.3. The third-order valence-corrected chi connectivity index (χ3v) is 7.18. The molecule has 39 heavy (non-hydrogen) atoms. The SMILES string of the molecule is O=C(CNC(=O)c1cccc(C(F)(F)F)c1)NC1CN(C2CCC(c3ccc(=O)n(CC(F)(F)F)c3)CC2)C1. The summed E-state index contributed by atoms with van der Waals surface area (Å²) in [5.74, 6) is -1.16. The fourth-order valence-corrected chi connectivity index (χ4v) is 5.16. The van der Waals surface area contributed by atoms with Crippen LogP contribution in [-0.2, 0) is 17.5 Å². The maximum Gasteiger partial charge on any atom is 0.416 e. The van der Waals surface area contributed by atoms with Crippen molar-refractivity contribution in [3.63, 3.8) is 0 Å². The van der Waals surface area contributed by atoms with Crippen LogP contribution in [0.2, 0.25) is 0 Å². The first-order valence-corrected chi connectivity index (χ1v) is 12.5. The first kappa shape index (κ1) is 28.7. The van der Waals surface area contributed by atoms with E-state index in [4.69, 9.17) is 0 Å². The van der Waals surface area contributed by atoms with Crippen molar-refractivity contribution in [3.8, 4) is 0 Å². The molecule has 1 aromatic carbocycles. The maximum atomic E-state index is 12.8. The lowest BCUT2D eigenvalue weighted by molar-refractivity contribution is -0.141. The van der Waals surface area contributed by atoms with E-state index in [-0.39, 0.29) is 30.1 Å². The van der Waals surface area contributed by atoms with Crippen LogP contribution in [0.5, 0.6) is 0 Å². The second-order valence-corrected chi connectivity index (χ2v) is 10.0. The van der Waals surface area contributed by atoms with Gasteiger partial charge in [-0.2, -0.15) is 26.3 Å². The van der Waals surface area contributed by atoms with E-state index in [9.17, 15) is 40.7 Å². The molecule has 2 amide bonds. The largest absolute Gasteiger partial charge is 0.416 e. The van der Waals surface area contributed by atoms with Crippen molar-refractivity contribution in [1.29, 1.82) is 0 Å². The van der Waals surface area contributed by atoms with Crippen molar-refractivity contribution in [2.75, 3.05) is 19.6 Å². The zero-order valence-electron chi connectivity index (χ0n) is 20.8. The van der Waals surface area contributed by atoms with Crippen LogP contribution in [0.1, 0.15) is 53.1 Å². The summed E-state index contributed by atoms with van der Waals surface area (Å²) in [6, 6.07) is 6.88. The highest BCUT2D eigenvalue weighted by molar-refractivity contribution is 5.96. The van der Waals surface area contributed by atoms with Gasteiger partial charge in [0, 0.05) is 37.0 Å². The number of carbonyl (C=O) groups is 2. The zero-order valence-corrected chi connectivity index (χ0v) is 20.8. The molecule has 13 heteroatoms. The summed E-state index contributed by atoms with van der Waals surface area (Å²) in [5, 5.41) is 5.12. The van der Waals surface area contributed by atoms with Crippen molar-refractivity contribution >= 4 is 11.8 Å². The molecular formula is C26H28F6N4O3. The molecule has 4 rings (SSSR count). The van der Waals surface area contributed by atoms with Gasteiger partial charge in [0.25, 0.3) is 11.5 Å². The van der Waals surface area contributed by atoms with Crippen molar-refractivity contribution in [2.45, 2.75) is 62.6 Å². The number of benzene rings is 1. The Morgan fingerprint density at radius 1 is 0.949 bits per heavy atom. The molecule has 1 saturated heterocycles. The summed E-state index contributed by atoms with van der Waals surface area (Å²) >= 11 is 0. The lowest BCUT2D eigenvalue weighted by atomic mass is 9.81. The number of nitrogens with one attached hydrogen (secondary N) is 2. The molecule has 2 fully saturated rings. The van der Waals surface area contributed by atoms with Crippen molar-refractivity contribution < 1.29 is 35.9 Å². The lowest BCUT2D eigenvalue weighted by Crippen LogP contribution is -2.63. The second kappa shape index (κ2) is 11.4. The predicted molar refractivity (Wildman–Crippen MR) is 129 cm³/mol. The van der Waals surface area contributed by atoms with Gasteiger partial charge in [-0.05, 0) is 55.4 Å². The standard InChI is InChI=1S/C26H28F6N4O3/c27-25(28,29)15-36-12-18(6-9-23(36)38)16-4-7-21(8-5-16)35-13-20(14-35)34-22(37)11-33-24(39)17-2-1-3-19(10-17)26(30,31)32/h1-3,6,9-10,12,16,20-21H,4-5,7-8,11,13-15H2,(H,33,39)(H,34,37). The quantitative estimate of drug-likeness (QED) is 0.508. The number of amides is 2. The Morgan fingerprint density at radius 3 is 2.28 bits per heavy atom. The molecule has 212 valence electrons. The van der Waals surface area contributed by atoms with Gasteiger partial charge in [-0.3, -0.25) is 19.3 Å². The van der Waals surface area contributed by atoms with Crippen molar-refractivity contribution in [2.24, 2.45) is 0 Å².